The molecule has 0 saturated heterocycles. The summed E-state index contributed by atoms with van der Waals surface area (Å²) in [4.78, 5) is 12.4. The molecule has 1 aromatic heterocycles. The Morgan fingerprint density at radius 1 is 1.12 bits per heavy atom. The maximum absolute atomic E-state index is 12.4. The minimum Gasteiger partial charge on any atom is -0.330 e. The molecule has 3 aromatic rings. The molecule has 2 N–H and O–H groups in total. The molecule has 7 heteroatoms. The quantitative estimate of drug-likeness (QED) is 0.584. The van der Waals surface area contributed by atoms with Crippen LogP contribution in [-0.4, -0.2) is 21.4 Å². The van der Waals surface area contributed by atoms with Crippen molar-refractivity contribution in [3.05, 3.63) is 59.7 Å². The second kappa shape index (κ2) is 8.33. The van der Waals surface area contributed by atoms with Crippen LogP contribution in [0.2, 0.25) is 0 Å². The number of rotatable bonds is 6. The maximum Gasteiger partial charge on any atom is 0.237 e. The van der Waals surface area contributed by atoms with Gasteiger partial charge in [-0.05, 0) is 50.1 Å². The molecule has 1 amide bonds. The van der Waals surface area contributed by atoms with Crippen LogP contribution in [0.5, 0.6) is 0 Å². The van der Waals surface area contributed by atoms with Gasteiger partial charge in [-0.2, -0.15) is 0 Å². The monoisotopic (exact) mass is 384 g/mol. The number of para-hydroxylation sites is 1. The van der Waals surface area contributed by atoms with E-state index in [1.807, 2.05) is 69.3 Å². The number of anilines is 3. The van der Waals surface area contributed by atoms with E-state index in [0.717, 1.165) is 21.3 Å². The lowest BCUT2D eigenvalue weighted by Gasteiger charge is -2.11. The third kappa shape index (κ3) is 4.83. The van der Waals surface area contributed by atoms with E-state index in [2.05, 4.69) is 20.8 Å². The summed E-state index contributed by atoms with van der Waals surface area (Å²) >= 11 is 2.84. The van der Waals surface area contributed by atoms with E-state index in [9.17, 15) is 4.79 Å². The zero-order valence-corrected chi connectivity index (χ0v) is 16.4. The van der Waals surface area contributed by atoms with Crippen LogP contribution in [0.1, 0.15) is 18.1 Å². The van der Waals surface area contributed by atoms with Crippen LogP contribution in [0.4, 0.5) is 16.5 Å². The summed E-state index contributed by atoms with van der Waals surface area (Å²) < 4.78 is 0.757. The highest BCUT2D eigenvalue weighted by atomic mass is 32.2. The van der Waals surface area contributed by atoms with Gasteiger partial charge in [-0.15, -0.1) is 10.2 Å². The smallest absolute Gasteiger partial charge is 0.237 e. The zero-order chi connectivity index (χ0) is 18.5. The molecule has 26 heavy (non-hydrogen) atoms. The first-order valence-corrected chi connectivity index (χ1v) is 9.91. The van der Waals surface area contributed by atoms with E-state index < -0.39 is 0 Å². The second-order valence-corrected chi connectivity index (χ2v) is 8.50. The van der Waals surface area contributed by atoms with Crippen molar-refractivity contribution >= 4 is 45.5 Å². The summed E-state index contributed by atoms with van der Waals surface area (Å²) in [7, 11) is 0. The molecule has 5 nitrogen and oxygen atoms in total. The third-order valence-corrected chi connectivity index (χ3v) is 5.75. The lowest BCUT2D eigenvalue weighted by atomic mass is 10.2. The number of carbonyl (C=O) groups is 1. The highest BCUT2D eigenvalue weighted by Crippen LogP contribution is 2.31. The lowest BCUT2D eigenvalue weighted by Crippen LogP contribution is -2.22. The molecule has 0 aliphatic carbocycles. The van der Waals surface area contributed by atoms with Gasteiger partial charge in [0.1, 0.15) is 0 Å². The SMILES string of the molecule is Cc1cccc(Nc2nnc(SC(C)C(=O)Nc3ccccc3C)s2)c1. The van der Waals surface area contributed by atoms with Gasteiger partial charge in [0, 0.05) is 11.4 Å². The fourth-order valence-corrected chi connectivity index (χ4v) is 4.22. The first-order valence-electron chi connectivity index (χ1n) is 8.21. The molecule has 2 aromatic carbocycles. The van der Waals surface area contributed by atoms with Crippen molar-refractivity contribution in [2.45, 2.75) is 30.4 Å². The molecule has 0 spiro atoms. The molecule has 1 heterocycles. The maximum atomic E-state index is 12.4. The van der Waals surface area contributed by atoms with Crippen LogP contribution < -0.4 is 10.6 Å². The van der Waals surface area contributed by atoms with Crippen LogP contribution >= 0.6 is 23.1 Å². The number of carbonyl (C=O) groups excluding carboxylic acids is 1. The number of aromatic nitrogens is 2. The van der Waals surface area contributed by atoms with Crippen molar-refractivity contribution in [1.29, 1.82) is 0 Å². The fourth-order valence-electron chi connectivity index (χ4n) is 2.31. The molecule has 1 atom stereocenters. The Hall–Kier alpha value is -2.38. The minimum absolute atomic E-state index is 0.0484. The largest absolute Gasteiger partial charge is 0.330 e. The molecular formula is C19H20N4OS2. The Morgan fingerprint density at radius 3 is 2.69 bits per heavy atom. The number of nitrogens with zero attached hydrogens (tertiary/aromatic N) is 2. The molecule has 0 radical (unpaired) electrons. The summed E-state index contributed by atoms with van der Waals surface area (Å²) in [6.45, 7) is 5.88. The molecule has 0 fully saturated rings. The molecule has 0 aliphatic heterocycles. The van der Waals surface area contributed by atoms with Crippen molar-refractivity contribution in [1.82, 2.24) is 10.2 Å². The van der Waals surface area contributed by atoms with Gasteiger partial charge in [-0.25, -0.2) is 0 Å². The summed E-state index contributed by atoms with van der Waals surface area (Å²) in [5.74, 6) is -0.0484. The lowest BCUT2D eigenvalue weighted by molar-refractivity contribution is -0.115. The van der Waals surface area contributed by atoms with E-state index in [4.69, 9.17) is 0 Å². The van der Waals surface area contributed by atoms with E-state index in [1.54, 1.807) is 0 Å². The number of hydrogen-bond donors (Lipinski definition) is 2. The Labute approximate surface area is 161 Å². The normalized spacial score (nSPS) is 11.8. The zero-order valence-electron chi connectivity index (χ0n) is 14.8. The van der Waals surface area contributed by atoms with Gasteiger partial charge in [-0.3, -0.25) is 4.79 Å². The average molecular weight is 385 g/mol. The number of thioether (sulfide) groups is 1. The first-order chi connectivity index (χ1) is 12.5. The predicted molar refractivity (Wildman–Crippen MR) is 109 cm³/mol. The van der Waals surface area contributed by atoms with Crippen molar-refractivity contribution in [2.24, 2.45) is 0 Å². The van der Waals surface area contributed by atoms with Crippen LogP contribution in [-0.2, 0) is 4.79 Å². The number of amides is 1. The molecule has 0 bridgehead atoms. The van der Waals surface area contributed by atoms with Gasteiger partial charge in [-0.1, -0.05) is 53.4 Å². The molecule has 0 aliphatic rings. The Kier molecular flexibility index (Phi) is 5.90. The van der Waals surface area contributed by atoms with Gasteiger partial charge in [0.25, 0.3) is 0 Å². The summed E-state index contributed by atoms with van der Waals surface area (Å²) in [5.41, 5.74) is 4.03. The summed E-state index contributed by atoms with van der Waals surface area (Å²) in [6.07, 6.45) is 0. The van der Waals surface area contributed by atoms with E-state index in [1.165, 1.54) is 28.7 Å². The number of benzene rings is 2. The molecule has 3 rings (SSSR count). The summed E-state index contributed by atoms with van der Waals surface area (Å²) in [5, 5.41) is 15.0. The van der Waals surface area contributed by atoms with Crippen molar-refractivity contribution < 1.29 is 4.79 Å². The van der Waals surface area contributed by atoms with Crippen LogP contribution in [0.25, 0.3) is 0 Å². The predicted octanol–water partition coefficient (Wildman–Crippen LogP) is 5.02. The third-order valence-electron chi connectivity index (χ3n) is 3.73. The first kappa shape index (κ1) is 18.4. The standard InChI is InChI=1S/C19H20N4OS2/c1-12-7-6-9-15(11-12)20-18-22-23-19(26-18)25-14(3)17(24)21-16-10-5-4-8-13(16)2/h4-11,14H,1-3H3,(H,20,22)(H,21,24). The topological polar surface area (TPSA) is 66.9 Å². The minimum atomic E-state index is -0.269. The van der Waals surface area contributed by atoms with Crippen molar-refractivity contribution in [3.63, 3.8) is 0 Å². The van der Waals surface area contributed by atoms with Gasteiger partial charge in [0.2, 0.25) is 11.0 Å². The Morgan fingerprint density at radius 2 is 1.92 bits per heavy atom. The van der Waals surface area contributed by atoms with Gasteiger partial charge >= 0.3 is 0 Å². The van der Waals surface area contributed by atoms with E-state index >= 15 is 0 Å². The van der Waals surface area contributed by atoms with Crippen molar-refractivity contribution in [2.75, 3.05) is 10.6 Å². The Bertz CT molecular complexity index is 910. The van der Waals surface area contributed by atoms with E-state index in [0.29, 0.717) is 5.13 Å². The van der Waals surface area contributed by atoms with Crippen LogP contribution in [0, 0.1) is 13.8 Å². The van der Waals surface area contributed by atoms with Crippen molar-refractivity contribution in [3.8, 4) is 0 Å². The number of nitrogens with one attached hydrogen (secondary N) is 2. The molecule has 0 saturated carbocycles. The van der Waals surface area contributed by atoms with Gasteiger partial charge in [0.15, 0.2) is 4.34 Å². The number of hydrogen-bond acceptors (Lipinski definition) is 6. The van der Waals surface area contributed by atoms with Crippen LogP contribution in [0.3, 0.4) is 0 Å². The van der Waals surface area contributed by atoms with Gasteiger partial charge in [0.05, 0.1) is 5.25 Å². The Balaban J connectivity index is 1.59. The molecule has 1 unspecified atom stereocenters. The van der Waals surface area contributed by atoms with Gasteiger partial charge < -0.3 is 10.6 Å². The summed E-state index contributed by atoms with van der Waals surface area (Å²) in [6, 6.07) is 15.8. The highest BCUT2D eigenvalue weighted by Gasteiger charge is 2.18. The average Bonchev–Trinajstić information content (AvgIpc) is 3.03. The highest BCUT2D eigenvalue weighted by molar-refractivity contribution is 8.02. The van der Waals surface area contributed by atoms with E-state index in [-0.39, 0.29) is 11.2 Å². The number of aryl methyl sites for hydroxylation is 2. The second-order valence-electron chi connectivity index (χ2n) is 5.93. The molecular weight excluding hydrogens is 364 g/mol. The molecule has 134 valence electrons. The van der Waals surface area contributed by atoms with Crippen LogP contribution in [0.15, 0.2) is 52.9 Å². The fraction of sp³-hybridized carbons (Fsp3) is 0.211.